The van der Waals surface area contributed by atoms with Crippen LogP contribution in [0.4, 0.5) is 24.7 Å². The van der Waals surface area contributed by atoms with Crippen molar-refractivity contribution in [3.63, 3.8) is 0 Å². The molecular formula is C22H14F3N3O6. The molecule has 0 saturated carbocycles. The van der Waals surface area contributed by atoms with Gasteiger partial charge in [-0.3, -0.25) is 14.4 Å². The lowest BCUT2D eigenvalue weighted by molar-refractivity contribution is -0.137. The van der Waals surface area contributed by atoms with Crippen LogP contribution in [0.3, 0.4) is 0 Å². The van der Waals surface area contributed by atoms with Crippen LogP contribution in [0.15, 0.2) is 53.1 Å². The van der Waals surface area contributed by atoms with Crippen molar-refractivity contribution in [2.24, 2.45) is 0 Å². The number of amides is 3. The van der Waals surface area contributed by atoms with Gasteiger partial charge in [0.05, 0.1) is 22.3 Å². The number of carbonyl (C=O) groups is 4. The number of fused-ring (bicyclic) bond motifs is 1. The van der Waals surface area contributed by atoms with Gasteiger partial charge in [-0.2, -0.15) is 13.2 Å². The zero-order valence-corrected chi connectivity index (χ0v) is 17.3. The van der Waals surface area contributed by atoms with Gasteiger partial charge in [-0.15, -0.1) is 0 Å². The molecule has 0 bridgehead atoms. The van der Waals surface area contributed by atoms with Crippen LogP contribution in [0.5, 0.6) is 0 Å². The van der Waals surface area contributed by atoms with Crippen molar-refractivity contribution < 1.29 is 41.6 Å². The summed E-state index contributed by atoms with van der Waals surface area (Å²) in [6.07, 6.45) is -4.58. The lowest BCUT2D eigenvalue weighted by Gasteiger charge is -2.10. The summed E-state index contributed by atoms with van der Waals surface area (Å²) in [6, 6.07) is 9.02. The number of aryl methyl sites for hydroxylation is 1. The van der Waals surface area contributed by atoms with Crippen LogP contribution >= 0.6 is 0 Å². The number of carbonyl (C=O) groups excluding carboxylic acids is 4. The number of imide groups is 1. The van der Waals surface area contributed by atoms with Crippen molar-refractivity contribution in [2.75, 3.05) is 16.8 Å². The fraction of sp³-hybridized carbons (Fsp3) is 0.136. The SMILES string of the molecule is Cc1cc(N2C(=O)c3ccc(C(=O)OCC(=O)Nc4cccc(C(F)(F)F)c4)cc3C2=O)no1. The van der Waals surface area contributed by atoms with Crippen LogP contribution in [-0.4, -0.2) is 35.5 Å². The molecule has 1 N–H and O–H groups in total. The Morgan fingerprint density at radius 2 is 1.79 bits per heavy atom. The minimum absolute atomic E-state index is 0.000843. The molecule has 1 aliphatic rings. The maximum absolute atomic E-state index is 12.8. The Morgan fingerprint density at radius 3 is 2.47 bits per heavy atom. The molecule has 0 aliphatic carbocycles. The summed E-state index contributed by atoms with van der Waals surface area (Å²) in [5, 5.41) is 5.86. The number of aromatic nitrogens is 1. The summed E-state index contributed by atoms with van der Waals surface area (Å²) < 4.78 is 48.1. The third-order valence-electron chi connectivity index (χ3n) is 4.77. The molecule has 1 aliphatic heterocycles. The summed E-state index contributed by atoms with van der Waals surface area (Å²) in [7, 11) is 0. The monoisotopic (exact) mass is 473 g/mol. The van der Waals surface area contributed by atoms with E-state index in [1.54, 1.807) is 6.92 Å². The number of halogens is 3. The van der Waals surface area contributed by atoms with E-state index in [2.05, 4.69) is 10.5 Å². The van der Waals surface area contributed by atoms with Gasteiger partial charge in [-0.25, -0.2) is 9.69 Å². The van der Waals surface area contributed by atoms with Gasteiger partial charge < -0.3 is 14.6 Å². The first-order valence-corrected chi connectivity index (χ1v) is 9.65. The molecular weight excluding hydrogens is 459 g/mol. The van der Waals surface area contributed by atoms with E-state index in [0.717, 1.165) is 29.2 Å². The molecule has 0 unspecified atom stereocenters. The van der Waals surface area contributed by atoms with Gasteiger partial charge in [0.2, 0.25) is 0 Å². The van der Waals surface area contributed by atoms with Gasteiger partial charge in [0.25, 0.3) is 17.7 Å². The number of nitrogens with zero attached hydrogens (tertiary/aromatic N) is 2. The lowest BCUT2D eigenvalue weighted by Crippen LogP contribution is -2.29. The third kappa shape index (κ3) is 4.37. The molecule has 12 heteroatoms. The van der Waals surface area contributed by atoms with Crippen LogP contribution in [0.25, 0.3) is 0 Å². The van der Waals surface area contributed by atoms with Crippen molar-refractivity contribution >= 4 is 35.2 Å². The molecule has 2 aromatic carbocycles. The molecule has 0 radical (unpaired) electrons. The minimum atomic E-state index is -4.58. The summed E-state index contributed by atoms with van der Waals surface area (Å²) in [5.41, 5.74) is -1.20. The van der Waals surface area contributed by atoms with Gasteiger partial charge in [0, 0.05) is 11.8 Å². The normalized spacial score (nSPS) is 13.1. The number of benzene rings is 2. The zero-order valence-electron chi connectivity index (χ0n) is 17.3. The molecule has 0 fully saturated rings. The predicted molar refractivity (Wildman–Crippen MR) is 109 cm³/mol. The number of hydrogen-bond donors (Lipinski definition) is 1. The average molecular weight is 473 g/mol. The second kappa shape index (κ2) is 8.46. The van der Waals surface area contributed by atoms with Crippen LogP contribution < -0.4 is 10.2 Å². The van der Waals surface area contributed by atoms with E-state index < -0.39 is 42.0 Å². The van der Waals surface area contributed by atoms with E-state index in [1.165, 1.54) is 24.3 Å². The van der Waals surface area contributed by atoms with E-state index in [1.807, 2.05) is 0 Å². The molecule has 4 rings (SSSR count). The second-order valence-electron chi connectivity index (χ2n) is 7.20. The zero-order chi connectivity index (χ0) is 24.6. The summed E-state index contributed by atoms with van der Waals surface area (Å²) in [5.74, 6) is -2.82. The first kappa shape index (κ1) is 22.7. The van der Waals surface area contributed by atoms with E-state index >= 15 is 0 Å². The molecule has 34 heavy (non-hydrogen) atoms. The number of hydrogen-bond acceptors (Lipinski definition) is 7. The molecule has 3 amide bonds. The van der Waals surface area contributed by atoms with Gasteiger partial charge in [-0.05, 0) is 43.3 Å². The lowest BCUT2D eigenvalue weighted by atomic mass is 10.1. The Hall–Kier alpha value is -4.48. The van der Waals surface area contributed by atoms with Gasteiger partial charge in [0.1, 0.15) is 5.76 Å². The average Bonchev–Trinajstić information content (AvgIpc) is 3.32. The molecule has 1 aromatic heterocycles. The van der Waals surface area contributed by atoms with Crippen molar-refractivity contribution in [1.29, 1.82) is 0 Å². The maximum atomic E-state index is 12.8. The van der Waals surface area contributed by atoms with Crippen molar-refractivity contribution in [2.45, 2.75) is 13.1 Å². The number of ether oxygens (including phenoxy) is 1. The fourth-order valence-corrected chi connectivity index (χ4v) is 3.22. The standard InChI is InChI=1S/C22H14F3N3O6/c1-11-7-17(27-34-11)28-19(30)15-6-5-12(8-16(15)20(28)31)21(32)33-10-18(29)26-14-4-2-3-13(9-14)22(23,24)25/h2-9H,10H2,1H3,(H,26,29). The fourth-order valence-electron chi connectivity index (χ4n) is 3.22. The van der Waals surface area contributed by atoms with Crippen molar-refractivity contribution in [1.82, 2.24) is 5.16 Å². The Bertz CT molecular complexity index is 1330. The third-order valence-corrected chi connectivity index (χ3v) is 4.77. The predicted octanol–water partition coefficient (Wildman–Crippen LogP) is 3.60. The second-order valence-corrected chi connectivity index (χ2v) is 7.20. The van der Waals surface area contributed by atoms with E-state index in [0.29, 0.717) is 5.76 Å². The van der Waals surface area contributed by atoms with Crippen molar-refractivity contribution in [3.05, 3.63) is 76.5 Å². The molecule has 0 saturated heterocycles. The maximum Gasteiger partial charge on any atom is 0.416 e. The topological polar surface area (TPSA) is 119 Å². The summed E-state index contributed by atoms with van der Waals surface area (Å²) in [4.78, 5) is 50.4. The Balaban J connectivity index is 1.42. The Labute approximate surface area is 189 Å². The molecule has 2 heterocycles. The Kier molecular flexibility index (Phi) is 5.65. The van der Waals surface area contributed by atoms with E-state index in [-0.39, 0.29) is 28.2 Å². The first-order valence-electron chi connectivity index (χ1n) is 9.65. The van der Waals surface area contributed by atoms with Gasteiger partial charge >= 0.3 is 12.1 Å². The quantitative estimate of drug-likeness (QED) is 0.444. The number of nitrogens with one attached hydrogen (secondary N) is 1. The minimum Gasteiger partial charge on any atom is -0.452 e. The van der Waals surface area contributed by atoms with Crippen LogP contribution in [0.2, 0.25) is 0 Å². The van der Waals surface area contributed by atoms with Gasteiger partial charge in [0.15, 0.2) is 12.4 Å². The highest BCUT2D eigenvalue weighted by Gasteiger charge is 2.39. The van der Waals surface area contributed by atoms with Crippen LogP contribution in [0.1, 0.15) is 42.4 Å². The smallest absolute Gasteiger partial charge is 0.416 e. The first-order chi connectivity index (χ1) is 16.0. The molecule has 3 aromatic rings. The number of rotatable bonds is 5. The summed E-state index contributed by atoms with van der Waals surface area (Å²) in [6.45, 7) is 0.801. The highest BCUT2D eigenvalue weighted by molar-refractivity contribution is 6.34. The largest absolute Gasteiger partial charge is 0.452 e. The molecule has 0 spiro atoms. The van der Waals surface area contributed by atoms with E-state index in [4.69, 9.17) is 9.26 Å². The van der Waals surface area contributed by atoms with Crippen LogP contribution in [-0.2, 0) is 15.7 Å². The highest BCUT2D eigenvalue weighted by atomic mass is 19.4. The highest BCUT2D eigenvalue weighted by Crippen LogP contribution is 2.31. The van der Waals surface area contributed by atoms with Gasteiger partial charge in [-0.1, -0.05) is 11.2 Å². The van der Waals surface area contributed by atoms with Crippen molar-refractivity contribution in [3.8, 4) is 0 Å². The molecule has 9 nitrogen and oxygen atoms in total. The molecule has 174 valence electrons. The summed E-state index contributed by atoms with van der Waals surface area (Å²) >= 11 is 0. The molecule has 0 atom stereocenters. The number of alkyl halides is 3. The number of anilines is 2. The Morgan fingerprint density at radius 1 is 1.06 bits per heavy atom. The van der Waals surface area contributed by atoms with Crippen LogP contribution in [0, 0.1) is 6.92 Å². The number of esters is 1. The van der Waals surface area contributed by atoms with E-state index in [9.17, 15) is 32.3 Å².